The van der Waals surface area contributed by atoms with Gasteiger partial charge in [-0.05, 0) is 30.9 Å². The smallest absolute Gasteiger partial charge is 0.232 e. The van der Waals surface area contributed by atoms with E-state index < -0.39 is 38.7 Å². The number of carbonyl (C=O) groups is 1. The zero-order valence-corrected chi connectivity index (χ0v) is 19.9. The molecule has 0 saturated heterocycles. The summed E-state index contributed by atoms with van der Waals surface area (Å²) in [5.41, 5.74) is 0.349. The zero-order chi connectivity index (χ0) is 23.8. The number of nitrogens with one attached hydrogen (secondary N) is 2. The van der Waals surface area contributed by atoms with Crippen molar-refractivity contribution in [3.05, 3.63) is 58.7 Å². The van der Waals surface area contributed by atoms with Crippen LogP contribution in [0.25, 0.3) is 22.3 Å². The minimum atomic E-state index is -3.84. The Morgan fingerprint density at radius 3 is 2.79 bits per heavy atom. The number of nitrogens with zero attached hydrogens (tertiary/aromatic N) is 2. The predicted octanol–water partition coefficient (Wildman–Crippen LogP) is 5.07. The lowest BCUT2D eigenvalue weighted by atomic mass is 10.0. The zero-order valence-electron chi connectivity index (χ0n) is 17.5. The molecule has 0 amide bonds. The minimum absolute atomic E-state index is 0.00559. The number of carbonyl (C=O) groups excluding carboxylic acids is 1. The monoisotopic (exact) mass is 508 g/mol. The molecule has 0 fully saturated rings. The highest BCUT2D eigenvalue weighted by Gasteiger charge is 2.26. The number of pyridine rings is 1. The number of hydrogen-bond donors (Lipinski definition) is 2. The second-order valence-electron chi connectivity index (χ2n) is 7.06. The van der Waals surface area contributed by atoms with Crippen molar-refractivity contribution >= 4 is 55.6 Å². The predicted molar refractivity (Wildman–Crippen MR) is 126 cm³/mol. The number of ketones is 1. The van der Waals surface area contributed by atoms with Crippen molar-refractivity contribution in [2.75, 3.05) is 16.7 Å². The molecule has 4 aromatic rings. The van der Waals surface area contributed by atoms with Crippen LogP contribution in [-0.4, -0.2) is 41.2 Å². The Morgan fingerprint density at radius 2 is 2.09 bits per heavy atom. The minimum Gasteiger partial charge on any atom is -0.345 e. The first-order valence-electron chi connectivity index (χ1n) is 9.74. The molecule has 0 radical (unpaired) electrons. The Labute approximate surface area is 196 Å². The lowest BCUT2D eigenvalue weighted by Crippen LogP contribution is -2.18. The molecule has 12 heteroatoms. The number of aromatic nitrogens is 3. The van der Waals surface area contributed by atoms with Crippen LogP contribution in [0.3, 0.4) is 0 Å². The van der Waals surface area contributed by atoms with E-state index in [1.54, 1.807) is 19.2 Å². The molecule has 0 saturated carbocycles. The molecule has 3 aromatic heterocycles. The van der Waals surface area contributed by atoms with Crippen LogP contribution in [0.2, 0.25) is 0 Å². The summed E-state index contributed by atoms with van der Waals surface area (Å²) >= 11 is 2.97. The van der Waals surface area contributed by atoms with E-state index in [-0.39, 0.29) is 11.3 Å². The van der Waals surface area contributed by atoms with Gasteiger partial charge in [0.1, 0.15) is 15.8 Å². The first-order chi connectivity index (χ1) is 15.7. The number of benzene rings is 1. The van der Waals surface area contributed by atoms with Crippen LogP contribution in [0.1, 0.15) is 29.3 Å². The van der Waals surface area contributed by atoms with Crippen LogP contribution in [0.5, 0.6) is 0 Å². The van der Waals surface area contributed by atoms with Gasteiger partial charge in [0.25, 0.3) is 0 Å². The quantitative estimate of drug-likeness (QED) is 0.254. The maximum Gasteiger partial charge on any atom is 0.232 e. The van der Waals surface area contributed by atoms with E-state index in [9.17, 15) is 17.6 Å². The van der Waals surface area contributed by atoms with Gasteiger partial charge in [-0.25, -0.2) is 27.2 Å². The van der Waals surface area contributed by atoms with Crippen LogP contribution in [-0.2, 0) is 10.0 Å². The molecule has 2 N–H and O–H groups in total. The molecule has 0 spiro atoms. The molecule has 7 nitrogen and oxygen atoms in total. The van der Waals surface area contributed by atoms with E-state index >= 15 is 4.39 Å². The van der Waals surface area contributed by atoms with Gasteiger partial charge >= 0.3 is 0 Å². The van der Waals surface area contributed by atoms with Gasteiger partial charge in [0.2, 0.25) is 15.8 Å². The van der Waals surface area contributed by atoms with Crippen molar-refractivity contribution < 1.29 is 22.0 Å². The number of aromatic amines is 1. The molecule has 0 unspecified atom stereocenters. The van der Waals surface area contributed by atoms with Gasteiger partial charge in [-0.15, -0.1) is 11.3 Å². The Bertz CT molecular complexity index is 1460. The van der Waals surface area contributed by atoms with Crippen LogP contribution in [0.15, 0.2) is 40.3 Å². The van der Waals surface area contributed by atoms with E-state index in [2.05, 4.69) is 19.7 Å². The molecule has 1 aromatic carbocycles. The molecule has 0 aliphatic carbocycles. The fourth-order valence-electron chi connectivity index (χ4n) is 3.28. The highest BCUT2D eigenvalue weighted by atomic mass is 32.2. The lowest BCUT2D eigenvalue weighted by molar-refractivity contribution is 0.103. The number of H-pyrrole nitrogens is 1. The fourth-order valence-corrected chi connectivity index (χ4v) is 5.68. The van der Waals surface area contributed by atoms with Crippen LogP contribution < -0.4 is 4.72 Å². The van der Waals surface area contributed by atoms with Gasteiger partial charge in [-0.1, -0.05) is 18.7 Å². The molecular formula is C21H18F2N4O3S3. The summed E-state index contributed by atoms with van der Waals surface area (Å²) in [6.45, 7) is 1.65. The first-order valence-corrected chi connectivity index (χ1v) is 13.5. The van der Waals surface area contributed by atoms with E-state index in [1.807, 2.05) is 11.6 Å². The number of thiazole rings is 1. The molecule has 0 bridgehead atoms. The van der Waals surface area contributed by atoms with Crippen molar-refractivity contribution in [1.82, 2.24) is 15.0 Å². The van der Waals surface area contributed by atoms with E-state index in [1.165, 1.54) is 29.3 Å². The third kappa shape index (κ3) is 4.63. The molecule has 0 aliphatic heterocycles. The SMILES string of the molecule is CCCS(=O)(=O)Nc1ccc(F)c(C(=O)c2c[nH]c3ncc(-c4csc(SC)n4)cc23)c1F. The second kappa shape index (κ2) is 9.20. The van der Waals surface area contributed by atoms with Gasteiger partial charge in [0.15, 0.2) is 5.82 Å². The highest BCUT2D eigenvalue weighted by Crippen LogP contribution is 2.31. The van der Waals surface area contributed by atoms with Gasteiger partial charge in [-0.2, -0.15) is 0 Å². The summed E-state index contributed by atoms with van der Waals surface area (Å²) in [7, 11) is -3.84. The van der Waals surface area contributed by atoms with Gasteiger partial charge in [0.05, 0.1) is 22.7 Å². The average molecular weight is 509 g/mol. The molecule has 3 heterocycles. The van der Waals surface area contributed by atoms with Crippen LogP contribution in [0, 0.1) is 11.6 Å². The van der Waals surface area contributed by atoms with E-state index in [0.717, 1.165) is 16.5 Å². The molecule has 4 rings (SSSR count). The Hall–Kier alpha value is -2.83. The molecule has 172 valence electrons. The number of fused-ring (bicyclic) bond motifs is 1. The maximum atomic E-state index is 15.1. The molecular weight excluding hydrogens is 490 g/mol. The number of thioether (sulfide) groups is 1. The maximum absolute atomic E-state index is 15.1. The Morgan fingerprint density at radius 1 is 1.30 bits per heavy atom. The number of rotatable bonds is 8. The summed E-state index contributed by atoms with van der Waals surface area (Å²) in [6.07, 6.45) is 5.14. The van der Waals surface area contributed by atoms with Gasteiger partial charge < -0.3 is 4.98 Å². The number of anilines is 1. The third-order valence-corrected chi connectivity index (χ3v) is 8.13. The third-order valence-electron chi connectivity index (χ3n) is 4.79. The van der Waals surface area contributed by atoms with Crippen molar-refractivity contribution in [3.8, 4) is 11.3 Å². The normalized spacial score (nSPS) is 11.8. The van der Waals surface area contributed by atoms with Crippen LogP contribution in [0.4, 0.5) is 14.5 Å². The lowest BCUT2D eigenvalue weighted by Gasteiger charge is -2.11. The molecule has 33 heavy (non-hydrogen) atoms. The van der Waals surface area contributed by atoms with Crippen molar-refractivity contribution in [3.63, 3.8) is 0 Å². The Balaban J connectivity index is 1.77. The number of halogens is 2. The second-order valence-corrected chi connectivity index (χ2v) is 10.8. The van der Waals surface area contributed by atoms with Crippen molar-refractivity contribution in [2.45, 2.75) is 17.7 Å². The summed E-state index contributed by atoms with van der Waals surface area (Å²) < 4.78 is 56.7. The summed E-state index contributed by atoms with van der Waals surface area (Å²) in [4.78, 5) is 24.8. The fraction of sp³-hybridized carbons (Fsp3) is 0.190. The first kappa shape index (κ1) is 23.3. The van der Waals surface area contributed by atoms with E-state index in [0.29, 0.717) is 28.7 Å². The molecule has 0 atom stereocenters. The van der Waals surface area contributed by atoms with Crippen LogP contribution >= 0.6 is 23.1 Å². The highest BCUT2D eigenvalue weighted by molar-refractivity contribution is 8.00. The van der Waals surface area contributed by atoms with Crippen molar-refractivity contribution in [1.29, 1.82) is 0 Å². The Kier molecular flexibility index (Phi) is 6.50. The number of hydrogen-bond acceptors (Lipinski definition) is 7. The molecule has 0 aliphatic rings. The van der Waals surface area contributed by atoms with E-state index in [4.69, 9.17) is 0 Å². The topological polar surface area (TPSA) is 105 Å². The van der Waals surface area contributed by atoms with Gasteiger partial charge in [0, 0.05) is 34.3 Å². The van der Waals surface area contributed by atoms with Gasteiger partial charge in [-0.3, -0.25) is 9.52 Å². The summed E-state index contributed by atoms with van der Waals surface area (Å²) in [6, 6.07) is 3.49. The summed E-state index contributed by atoms with van der Waals surface area (Å²) in [5, 5.41) is 2.22. The average Bonchev–Trinajstić information content (AvgIpc) is 3.42. The largest absolute Gasteiger partial charge is 0.345 e. The van der Waals surface area contributed by atoms with Crippen molar-refractivity contribution in [2.24, 2.45) is 0 Å². The summed E-state index contributed by atoms with van der Waals surface area (Å²) in [5.74, 6) is -3.55. The number of sulfonamides is 1. The standard InChI is InChI=1S/C21H18F2N4O3S3/c1-3-6-33(29,30)27-15-5-4-14(22)17(18(15)23)19(28)13-9-25-20-12(13)7-11(8-24-20)16-10-32-21(26-16)31-2/h4-5,7-10,27H,3,6H2,1-2H3,(H,24,25).